The van der Waals surface area contributed by atoms with Crippen LogP contribution in [0.1, 0.15) is 69.5 Å². The summed E-state index contributed by atoms with van der Waals surface area (Å²) in [6, 6.07) is 16.6. The van der Waals surface area contributed by atoms with Crippen molar-refractivity contribution in [2.75, 3.05) is 7.11 Å². The van der Waals surface area contributed by atoms with E-state index in [0.29, 0.717) is 6.42 Å². The predicted octanol–water partition coefficient (Wildman–Crippen LogP) is 8.78. The van der Waals surface area contributed by atoms with Gasteiger partial charge in [-0.1, -0.05) is 63.7 Å². The zero-order valence-electron chi connectivity index (χ0n) is 23.9. The number of nitrogens with zero attached hydrogens (tertiary/aromatic N) is 3. The molecule has 0 saturated carbocycles. The number of aromatic nitrogens is 1. The van der Waals surface area contributed by atoms with E-state index in [1.54, 1.807) is 7.11 Å². The maximum Gasteiger partial charge on any atom is 0.128 e. The van der Waals surface area contributed by atoms with Crippen LogP contribution in [0.25, 0.3) is 5.57 Å². The molecule has 0 bridgehead atoms. The van der Waals surface area contributed by atoms with Crippen LogP contribution in [0.2, 0.25) is 0 Å². The summed E-state index contributed by atoms with van der Waals surface area (Å²) in [6.45, 7) is 21.1. The van der Waals surface area contributed by atoms with Gasteiger partial charge >= 0.3 is 0 Å². The first-order chi connectivity index (χ1) is 17.4. The molecule has 1 unspecified atom stereocenters. The molecule has 0 aliphatic heterocycles. The summed E-state index contributed by atoms with van der Waals surface area (Å²) < 4.78 is 5.70. The molecule has 0 amide bonds. The molecular formula is C33H41N3O. The summed E-state index contributed by atoms with van der Waals surface area (Å²) in [7, 11) is 1.72. The third kappa shape index (κ3) is 6.62. The molecule has 0 saturated heterocycles. The quantitative estimate of drug-likeness (QED) is 0.293. The Bertz CT molecular complexity index is 1340. The van der Waals surface area contributed by atoms with Gasteiger partial charge in [0, 0.05) is 52.3 Å². The molecule has 0 aliphatic rings. The van der Waals surface area contributed by atoms with E-state index in [2.05, 4.69) is 78.5 Å². The van der Waals surface area contributed by atoms with Gasteiger partial charge in [-0.05, 0) is 63.3 Å². The summed E-state index contributed by atoms with van der Waals surface area (Å²) in [5, 5.41) is 0. The molecule has 1 heterocycles. The summed E-state index contributed by atoms with van der Waals surface area (Å²) in [4.78, 5) is 15.1. The minimum absolute atomic E-state index is 0.0120. The zero-order chi connectivity index (χ0) is 27.3. The average Bonchev–Trinajstić information content (AvgIpc) is 2.83. The van der Waals surface area contributed by atoms with Crippen molar-refractivity contribution >= 4 is 28.4 Å². The molecule has 2 aromatic carbocycles. The van der Waals surface area contributed by atoms with Crippen molar-refractivity contribution in [1.29, 1.82) is 0 Å². The molecule has 0 fully saturated rings. The van der Waals surface area contributed by atoms with Crippen molar-refractivity contribution in [1.82, 2.24) is 4.98 Å². The van der Waals surface area contributed by atoms with E-state index in [1.165, 1.54) is 5.56 Å². The molecule has 0 aliphatic carbocycles. The molecule has 1 atom stereocenters. The maximum absolute atomic E-state index is 5.70. The molecule has 37 heavy (non-hydrogen) atoms. The molecular weight excluding hydrogens is 454 g/mol. The minimum atomic E-state index is -0.0372. The molecule has 0 spiro atoms. The van der Waals surface area contributed by atoms with Crippen molar-refractivity contribution < 1.29 is 4.74 Å². The Labute approximate surface area is 223 Å². The lowest BCUT2D eigenvalue weighted by Crippen LogP contribution is -2.24. The van der Waals surface area contributed by atoms with Gasteiger partial charge in [0.1, 0.15) is 5.75 Å². The van der Waals surface area contributed by atoms with Crippen LogP contribution in [0.3, 0.4) is 0 Å². The number of ether oxygens (including phenoxy) is 1. The molecule has 0 N–H and O–H groups in total. The van der Waals surface area contributed by atoms with Gasteiger partial charge in [0.15, 0.2) is 0 Å². The fourth-order valence-electron chi connectivity index (χ4n) is 4.74. The molecule has 194 valence electrons. The highest BCUT2D eigenvalue weighted by Gasteiger charge is 2.23. The number of pyridine rings is 1. The summed E-state index contributed by atoms with van der Waals surface area (Å²) in [6.07, 6.45) is 2.57. The van der Waals surface area contributed by atoms with Gasteiger partial charge < -0.3 is 4.74 Å². The van der Waals surface area contributed by atoms with Crippen LogP contribution in [0.4, 0.5) is 11.4 Å². The summed E-state index contributed by atoms with van der Waals surface area (Å²) >= 11 is 0. The molecule has 1 aromatic heterocycles. The number of methoxy groups -OCH3 is 1. The number of hydrogen-bond donors (Lipinski definition) is 0. The monoisotopic (exact) mass is 495 g/mol. The average molecular weight is 496 g/mol. The van der Waals surface area contributed by atoms with Crippen LogP contribution in [-0.4, -0.2) is 23.5 Å². The van der Waals surface area contributed by atoms with E-state index < -0.39 is 0 Å². The lowest BCUT2D eigenvalue weighted by atomic mass is 9.85. The third-order valence-electron chi connectivity index (χ3n) is 6.83. The number of rotatable bonds is 8. The van der Waals surface area contributed by atoms with Crippen LogP contribution < -0.4 is 4.74 Å². The van der Waals surface area contributed by atoms with E-state index in [-0.39, 0.29) is 11.3 Å². The second kappa shape index (κ2) is 11.7. The van der Waals surface area contributed by atoms with Crippen molar-refractivity contribution in [2.45, 2.75) is 67.2 Å². The molecule has 3 aromatic rings. The fraction of sp³-hybridized carbons (Fsp3) is 0.364. The smallest absolute Gasteiger partial charge is 0.128 e. The molecule has 4 nitrogen and oxygen atoms in total. The van der Waals surface area contributed by atoms with Gasteiger partial charge in [-0.25, -0.2) is 0 Å². The Morgan fingerprint density at radius 1 is 0.919 bits per heavy atom. The maximum atomic E-state index is 5.70. The van der Waals surface area contributed by atoms with Crippen LogP contribution in [0.15, 0.2) is 71.3 Å². The van der Waals surface area contributed by atoms with E-state index in [4.69, 9.17) is 19.7 Å². The highest BCUT2D eigenvalue weighted by molar-refractivity contribution is 6.07. The van der Waals surface area contributed by atoms with Gasteiger partial charge in [-0.3, -0.25) is 15.0 Å². The topological polar surface area (TPSA) is 46.8 Å². The number of allylic oxidation sites excluding steroid dienone is 1. The SMILES string of the molecule is C=C(C)c1ccccc1/N=C(\C)C(Cc1ncc(C)c(OC)c1C)/C(C)=N/c1ccccc1C(C)(C)C. The number of aliphatic imine (C=N–C) groups is 2. The standard InChI is InChI=1S/C33H41N3O/c1-21(2)26-15-11-13-17-29(26)35-24(5)27(19-31-23(4)32(37-10)22(3)20-34-31)25(6)36-30-18-14-12-16-28(30)33(7,8)9/h11-18,20,27H,1,19H2,2-10H3/b35-24+,36-25+. The van der Waals surface area contributed by atoms with Gasteiger partial charge in [-0.2, -0.15) is 0 Å². The Kier molecular flexibility index (Phi) is 8.85. The van der Waals surface area contributed by atoms with Crippen LogP contribution in [0.5, 0.6) is 5.75 Å². The number of benzene rings is 2. The predicted molar refractivity (Wildman–Crippen MR) is 159 cm³/mol. The number of hydrogen-bond acceptors (Lipinski definition) is 4. The second-order valence-corrected chi connectivity index (χ2v) is 10.9. The van der Waals surface area contributed by atoms with Crippen molar-refractivity contribution in [3.63, 3.8) is 0 Å². The highest BCUT2D eigenvalue weighted by Crippen LogP contribution is 2.33. The Morgan fingerprint density at radius 2 is 1.49 bits per heavy atom. The van der Waals surface area contributed by atoms with Gasteiger partial charge in [0.2, 0.25) is 0 Å². The van der Waals surface area contributed by atoms with Crippen LogP contribution >= 0.6 is 0 Å². The number of aryl methyl sites for hydroxylation is 1. The highest BCUT2D eigenvalue weighted by atomic mass is 16.5. The van der Waals surface area contributed by atoms with Crippen molar-refractivity contribution in [3.05, 3.63) is 89.3 Å². The lowest BCUT2D eigenvalue weighted by molar-refractivity contribution is 0.406. The molecule has 0 radical (unpaired) electrons. The summed E-state index contributed by atoms with van der Waals surface area (Å²) in [5.41, 5.74) is 10.3. The Hall–Kier alpha value is -3.53. The largest absolute Gasteiger partial charge is 0.496 e. The van der Waals surface area contributed by atoms with Crippen molar-refractivity contribution in [3.8, 4) is 5.75 Å². The van der Waals surface area contributed by atoms with Gasteiger partial charge in [-0.15, -0.1) is 0 Å². The second-order valence-electron chi connectivity index (χ2n) is 10.9. The first-order valence-corrected chi connectivity index (χ1v) is 12.9. The first kappa shape index (κ1) is 28.0. The summed E-state index contributed by atoms with van der Waals surface area (Å²) in [5.74, 6) is 0.850. The van der Waals surface area contributed by atoms with E-state index in [1.807, 2.05) is 38.2 Å². The van der Waals surface area contributed by atoms with Gasteiger partial charge in [0.05, 0.1) is 18.5 Å². The molecule has 3 rings (SSSR count). The number of para-hydroxylation sites is 2. The minimum Gasteiger partial charge on any atom is -0.496 e. The van der Waals surface area contributed by atoms with E-state index in [0.717, 1.165) is 56.5 Å². The van der Waals surface area contributed by atoms with Crippen LogP contribution in [-0.2, 0) is 11.8 Å². The van der Waals surface area contributed by atoms with E-state index in [9.17, 15) is 0 Å². The Morgan fingerprint density at radius 3 is 2.08 bits per heavy atom. The van der Waals surface area contributed by atoms with Gasteiger partial charge in [0.25, 0.3) is 0 Å². The fourth-order valence-corrected chi connectivity index (χ4v) is 4.74. The zero-order valence-corrected chi connectivity index (χ0v) is 23.9. The molecule has 4 heteroatoms. The van der Waals surface area contributed by atoms with E-state index >= 15 is 0 Å². The van der Waals surface area contributed by atoms with Crippen molar-refractivity contribution in [2.24, 2.45) is 15.9 Å². The first-order valence-electron chi connectivity index (χ1n) is 12.9. The normalized spacial score (nSPS) is 13.4. The Balaban J connectivity index is 2.16. The lowest BCUT2D eigenvalue weighted by Gasteiger charge is -2.23. The van der Waals surface area contributed by atoms with Crippen LogP contribution in [0, 0.1) is 19.8 Å². The third-order valence-corrected chi connectivity index (χ3v) is 6.83.